The number of carbonyl (C=O) groups is 1. The Bertz CT molecular complexity index is 573. The van der Waals surface area contributed by atoms with Crippen LogP contribution < -0.4 is 0 Å². The number of rotatable bonds is 4. The van der Waals surface area contributed by atoms with Gasteiger partial charge in [-0.25, -0.2) is 0 Å². The zero-order valence-corrected chi connectivity index (χ0v) is 13.9. The molecule has 1 amide bonds. The fourth-order valence-electron chi connectivity index (χ4n) is 3.32. The molecule has 2 fully saturated rings. The van der Waals surface area contributed by atoms with Gasteiger partial charge in [0.2, 0.25) is 5.91 Å². The minimum atomic E-state index is -4.28. The lowest BCUT2D eigenvalue weighted by Gasteiger charge is -2.37. The first-order valence-electron chi connectivity index (χ1n) is 8.50. The highest BCUT2D eigenvalue weighted by Crippen LogP contribution is 2.32. The number of piperidine rings is 1. The Balaban J connectivity index is 1.49. The summed E-state index contributed by atoms with van der Waals surface area (Å²) in [7, 11) is 1.90. The second-order valence-corrected chi connectivity index (χ2v) is 6.93. The van der Waals surface area contributed by atoms with Gasteiger partial charge in [-0.05, 0) is 43.4 Å². The van der Waals surface area contributed by atoms with Crippen LogP contribution in [-0.2, 0) is 17.5 Å². The van der Waals surface area contributed by atoms with Crippen molar-refractivity contribution in [3.8, 4) is 0 Å². The maximum Gasteiger partial charge on any atom is 0.416 e. The quantitative estimate of drug-likeness (QED) is 0.837. The van der Waals surface area contributed by atoms with Crippen molar-refractivity contribution >= 4 is 5.91 Å². The second-order valence-electron chi connectivity index (χ2n) is 6.93. The maximum absolute atomic E-state index is 12.6. The third kappa shape index (κ3) is 4.09. The molecular weight excluding hydrogens is 317 g/mol. The summed E-state index contributed by atoms with van der Waals surface area (Å²) >= 11 is 0. The van der Waals surface area contributed by atoms with E-state index in [1.807, 2.05) is 11.9 Å². The monoisotopic (exact) mass is 340 g/mol. The molecule has 24 heavy (non-hydrogen) atoms. The molecule has 0 unspecified atom stereocenters. The van der Waals surface area contributed by atoms with Gasteiger partial charge in [-0.15, -0.1) is 0 Å². The fraction of sp³-hybridized carbons (Fsp3) is 0.611. The van der Waals surface area contributed by atoms with Crippen LogP contribution in [0.5, 0.6) is 0 Å². The lowest BCUT2D eigenvalue weighted by Crippen LogP contribution is -2.45. The number of hydrogen-bond donors (Lipinski definition) is 0. The molecule has 0 aromatic heterocycles. The van der Waals surface area contributed by atoms with Crippen LogP contribution in [0.2, 0.25) is 0 Å². The largest absolute Gasteiger partial charge is 0.416 e. The molecule has 3 nitrogen and oxygen atoms in total. The van der Waals surface area contributed by atoms with Gasteiger partial charge in [0.15, 0.2) is 0 Å². The van der Waals surface area contributed by atoms with Crippen LogP contribution in [0.15, 0.2) is 24.3 Å². The highest BCUT2D eigenvalue weighted by Gasteiger charge is 2.35. The van der Waals surface area contributed by atoms with Crippen LogP contribution in [0.1, 0.15) is 36.8 Å². The summed E-state index contributed by atoms with van der Waals surface area (Å²) < 4.78 is 37.7. The van der Waals surface area contributed by atoms with E-state index in [9.17, 15) is 18.0 Å². The average Bonchev–Trinajstić information content (AvgIpc) is 3.39. The zero-order chi connectivity index (χ0) is 17.3. The van der Waals surface area contributed by atoms with Gasteiger partial charge in [0, 0.05) is 38.6 Å². The Morgan fingerprint density at radius 2 is 1.71 bits per heavy atom. The van der Waals surface area contributed by atoms with Gasteiger partial charge in [0.25, 0.3) is 0 Å². The molecule has 3 rings (SSSR count). The van der Waals surface area contributed by atoms with E-state index >= 15 is 0 Å². The number of alkyl halides is 3. The fourth-order valence-corrected chi connectivity index (χ4v) is 3.32. The number of benzene rings is 1. The molecule has 1 aromatic rings. The molecule has 0 spiro atoms. The number of halogens is 3. The van der Waals surface area contributed by atoms with E-state index in [1.54, 1.807) is 12.1 Å². The van der Waals surface area contributed by atoms with Gasteiger partial charge in [-0.1, -0.05) is 12.1 Å². The molecular formula is C18H23F3N2O. The molecule has 0 radical (unpaired) electrons. The first-order valence-corrected chi connectivity index (χ1v) is 8.50. The molecule has 0 N–H and O–H groups in total. The summed E-state index contributed by atoms with van der Waals surface area (Å²) in [4.78, 5) is 16.3. The molecule has 1 saturated heterocycles. The Labute approximate surface area is 140 Å². The Hall–Kier alpha value is -1.56. The highest BCUT2D eigenvalue weighted by atomic mass is 19.4. The molecule has 1 saturated carbocycles. The van der Waals surface area contributed by atoms with E-state index in [0.29, 0.717) is 12.6 Å². The van der Waals surface area contributed by atoms with Crippen molar-refractivity contribution in [1.82, 2.24) is 9.80 Å². The van der Waals surface area contributed by atoms with Crippen molar-refractivity contribution < 1.29 is 18.0 Å². The van der Waals surface area contributed by atoms with Gasteiger partial charge >= 0.3 is 6.18 Å². The molecule has 132 valence electrons. The SMILES string of the molecule is CN(C(=O)C1CC1)C1CCN(Cc2ccc(C(F)(F)F)cc2)CC1. The van der Waals surface area contributed by atoms with Crippen LogP contribution in [0.3, 0.4) is 0 Å². The van der Waals surface area contributed by atoms with E-state index < -0.39 is 11.7 Å². The van der Waals surface area contributed by atoms with Crippen LogP contribution >= 0.6 is 0 Å². The molecule has 6 heteroatoms. The summed E-state index contributed by atoms with van der Waals surface area (Å²) in [5, 5.41) is 0. The Morgan fingerprint density at radius 3 is 2.21 bits per heavy atom. The lowest BCUT2D eigenvalue weighted by molar-refractivity contribution is -0.137. The normalized spacial score (nSPS) is 20.2. The van der Waals surface area contributed by atoms with E-state index in [1.165, 1.54) is 0 Å². The van der Waals surface area contributed by atoms with Gasteiger partial charge < -0.3 is 4.90 Å². The minimum Gasteiger partial charge on any atom is -0.342 e. The molecule has 1 aliphatic carbocycles. The van der Waals surface area contributed by atoms with Gasteiger partial charge in [0.05, 0.1) is 5.56 Å². The third-order valence-electron chi connectivity index (χ3n) is 5.07. The first kappa shape index (κ1) is 17.3. The Morgan fingerprint density at radius 1 is 1.12 bits per heavy atom. The molecule has 1 aliphatic heterocycles. The first-order chi connectivity index (χ1) is 11.3. The number of nitrogens with zero attached hydrogens (tertiary/aromatic N) is 2. The van der Waals surface area contributed by atoms with Gasteiger partial charge in [-0.3, -0.25) is 9.69 Å². The molecule has 2 aliphatic rings. The number of likely N-dealkylation sites (tertiary alicyclic amines) is 1. The average molecular weight is 340 g/mol. The predicted octanol–water partition coefficient (Wildman–Crippen LogP) is 3.54. The number of hydrogen-bond acceptors (Lipinski definition) is 2. The van der Waals surface area contributed by atoms with E-state index in [4.69, 9.17) is 0 Å². The van der Waals surface area contributed by atoms with Crippen molar-refractivity contribution in [2.45, 2.75) is 44.4 Å². The van der Waals surface area contributed by atoms with Gasteiger partial charge in [0.1, 0.15) is 0 Å². The van der Waals surface area contributed by atoms with Crippen LogP contribution in [0, 0.1) is 5.92 Å². The van der Waals surface area contributed by atoms with Crippen molar-refractivity contribution in [1.29, 1.82) is 0 Å². The second kappa shape index (κ2) is 6.75. The summed E-state index contributed by atoms with van der Waals surface area (Å²) in [5.74, 6) is 0.524. The van der Waals surface area contributed by atoms with Crippen LogP contribution in [-0.4, -0.2) is 41.9 Å². The number of amides is 1. The van der Waals surface area contributed by atoms with Crippen molar-refractivity contribution in [3.05, 3.63) is 35.4 Å². The van der Waals surface area contributed by atoms with E-state index in [2.05, 4.69) is 4.90 Å². The highest BCUT2D eigenvalue weighted by molar-refractivity contribution is 5.81. The smallest absolute Gasteiger partial charge is 0.342 e. The standard InChI is InChI=1S/C18H23F3N2O/c1-22(17(24)14-4-5-14)16-8-10-23(11-9-16)12-13-2-6-15(7-3-13)18(19,20)21/h2-3,6-7,14,16H,4-5,8-12H2,1H3. The summed E-state index contributed by atoms with van der Waals surface area (Å²) in [5.41, 5.74) is 0.286. The summed E-state index contributed by atoms with van der Waals surface area (Å²) in [6.45, 7) is 2.40. The van der Waals surface area contributed by atoms with Crippen molar-refractivity contribution in [2.24, 2.45) is 5.92 Å². The zero-order valence-electron chi connectivity index (χ0n) is 13.9. The van der Waals surface area contributed by atoms with Crippen LogP contribution in [0.25, 0.3) is 0 Å². The summed E-state index contributed by atoms with van der Waals surface area (Å²) in [6.07, 6.45) is -0.382. The number of carbonyl (C=O) groups excluding carboxylic acids is 1. The predicted molar refractivity (Wildman–Crippen MR) is 85.2 cm³/mol. The Kier molecular flexibility index (Phi) is 4.85. The third-order valence-corrected chi connectivity index (χ3v) is 5.07. The van der Waals surface area contributed by atoms with E-state index in [-0.39, 0.29) is 11.8 Å². The van der Waals surface area contributed by atoms with Gasteiger partial charge in [-0.2, -0.15) is 13.2 Å². The van der Waals surface area contributed by atoms with Crippen molar-refractivity contribution in [3.63, 3.8) is 0 Å². The molecule has 1 aromatic carbocycles. The van der Waals surface area contributed by atoms with Crippen LogP contribution in [0.4, 0.5) is 13.2 Å². The van der Waals surface area contributed by atoms with Crippen molar-refractivity contribution in [2.75, 3.05) is 20.1 Å². The summed E-state index contributed by atoms with van der Waals surface area (Å²) in [6, 6.07) is 5.69. The lowest BCUT2D eigenvalue weighted by atomic mass is 10.0. The molecule has 1 heterocycles. The molecule has 0 atom stereocenters. The topological polar surface area (TPSA) is 23.6 Å². The molecule has 0 bridgehead atoms. The minimum absolute atomic E-state index is 0.250. The maximum atomic E-state index is 12.6. The van der Waals surface area contributed by atoms with E-state index in [0.717, 1.165) is 56.5 Å².